The molecular weight excluding hydrogens is 413 g/mol. The van der Waals surface area contributed by atoms with E-state index in [1.807, 2.05) is 12.2 Å². The average molecular weight is 435 g/mol. The number of aromatic nitrogens is 2. The number of carbonyl (C=O) groups is 1. The number of nitrogens with zero attached hydrogens (tertiary/aromatic N) is 3. The Morgan fingerprint density at radius 3 is 2.78 bits per heavy atom. The molecule has 5 rings (SSSR count). The molecule has 1 unspecified atom stereocenters. The quantitative estimate of drug-likeness (QED) is 0.699. The van der Waals surface area contributed by atoms with Crippen LogP contribution in [0.1, 0.15) is 37.5 Å². The van der Waals surface area contributed by atoms with Crippen molar-refractivity contribution in [2.45, 2.75) is 31.6 Å². The minimum absolute atomic E-state index is 0.0789. The number of likely N-dealkylation sites (tertiary alicyclic amines) is 1. The molecule has 1 aromatic heterocycles. The Morgan fingerprint density at radius 1 is 1.16 bits per heavy atom. The van der Waals surface area contributed by atoms with Gasteiger partial charge in [0.25, 0.3) is 5.91 Å². The van der Waals surface area contributed by atoms with Crippen molar-refractivity contribution in [1.82, 2.24) is 15.0 Å². The second-order valence-corrected chi connectivity index (χ2v) is 7.91. The van der Waals surface area contributed by atoms with Crippen molar-refractivity contribution in [3.63, 3.8) is 0 Å². The first-order chi connectivity index (χ1) is 15.7. The van der Waals surface area contributed by atoms with Gasteiger partial charge in [0.05, 0.1) is 5.92 Å². The molecule has 32 heavy (non-hydrogen) atoms. The molecule has 0 spiro atoms. The van der Waals surface area contributed by atoms with Gasteiger partial charge in [-0.2, -0.15) is 4.98 Å². The highest BCUT2D eigenvalue weighted by Gasteiger charge is 2.31. The van der Waals surface area contributed by atoms with Crippen LogP contribution in [0.2, 0.25) is 0 Å². The summed E-state index contributed by atoms with van der Waals surface area (Å²) in [6.07, 6.45) is 12.4. The lowest BCUT2D eigenvalue weighted by Crippen LogP contribution is -2.40. The first-order valence-corrected chi connectivity index (χ1v) is 10.7. The molecule has 2 aromatic rings. The molecule has 1 aromatic carbocycles. The van der Waals surface area contributed by atoms with Crippen molar-refractivity contribution >= 4 is 5.91 Å². The van der Waals surface area contributed by atoms with E-state index in [-0.39, 0.29) is 23.4 Å². The third-order valence-corrected chi connectivity index (χ3v) is 5.73. The molecule has 0 saturated carbocycles. The number of carbonyl (C=O) groups excluding carboxylic acids is 1. The van der Waals surface area contributed by atoms with E-state index >= 15 is 0 Å². The Morgan fingerprint density at radius 2 is 2.03 bits per heavy atom. The van der Waals surface area contributed by atoms with E-state index in [1.165, 1.54) is 24.7 Å². The standard InChI is InChI=1S/C24H22FN3O4/c25-19-10-8-17(9-11-19)22-26-23(32-27-22)18-7-4-12-28(13-18)24(29)21-15-30-20(14-31-21)16-5-2-1-3-6-16/h1-2,5,8-11,14-15,18H,3-4,6-7,12-13H2. The normalized spacial score (nSPS) is 20.6. The highest BCUT2D eigenvalue weighted by molar-refractivity contribution is 5.91. The number of amides is 1. The maximum Gasteiger partial charge on any atom is 0.292 e. The summed E-state index contributed by atoms with van der Waals surface area (Å²) in [6.45, 7) is 1.05. The monoisotopic (exact) mass is 435 g/mol. The summed E-state index contributed by atoms with van der Waals surface area (Å²) in [7, 11) is 0. The Labute approximate surface area is 184 Å². The molecule has 1 atom stereocenters. The van der Waals surface area contributed by atoms with Crippen molar-refractivity contribution in [2.24, 2.45) is 0 Å². The van der Waals surface area contributed by atoms with Gasteiger partial charge >= 0.3 is 0 Å². The summed E-state index contributed by atoms with van der Waals surface area (Å²) in [5.74, 6) is 1.01. The number of allylic oxidation sites excluding steroid dienone is 4. The van der Waals surface area contributed by atoms with E-state index in [0.717, 1.165) is 31.3 Å². The third-order valence-electron chi connectivity index (χ3n) is 5.73. The van der Waals surface area contributed by atoms with Gasteiger partial charge in [0.15, 0.2) is 5.76 Å². The van der Waals surface area contributed by atoms with Crippen molar-refractivity contribution in [1.29, 1.82) is 0 Å². The largest absolute Gasteiger partial charge is 0.457 e. The molecule has 3 heterocycles. The zero-order valence-electron chi connectivity index (χ0n) is 17.4. The van der Waals surface area contributed by atoms with Crippen LogP contribution < -0.4 is 0 Å². The molecule has 0 bridgehead atoms. The van der Waals surface area contributed by atoms with Crippen LogP contribution in [0, 0.1) is 5.82 Å². The first-order valence-electron chi connectivity index (χ1n) is 10.7. The Kier molecular flexibility index (Phi) is 5.58. The highest BCUT2D eigenvalue weighted by Crippen LogP contribution is 2.30. The lowest BCUT2D eigenvalue weighted by atomic mass is 9.97. The van der Waals surface area contributed by atoms with Crippen molar-refractivity contribution in [3.8, 4) is 11.4 Å². The topological polar surface area (TPSA) is 77.7 Å². The highest BCUT2D eigenvalue weighted by atomic mass is 19.1. The molecule has 0 radical (unpaired) electrons. The predicted octanol–water partition coefficient (Wildman–Crippen LogP) is 4.59. The van der Waals surface area contributed by atoms with E-state index in [4.69, 9.17) is 14.0 Å². The van der Waals surface area contributed by atoms with E-state index in [2.05, 4.69) is 16.2 Å². The van der Waals surface area contributed by atoms with E-state index in [1.54, 1.807) is 17.0 Å². The van der Waals surface area contributed by atoms with Gasteiger partial charge in [0.2, 0.25) is 17.5 Å². The summed E-state index contributed by atoms with van der Waals surface area (Å²) >= 11 is 0. The van der Waals surface area contributed by atoms with Crippen LogP contribution in [-0.2, 0) is 14.3 Å². The van der Waals surface area contributed by atoms with Crippen molar-refractivity contribution < 1.29 is 23.2 Å². The van der Waals surface area contributed by atoms with Crippen LogP contribution in [0.5, 0.6) is 0 Å². The molecule has 7 nitrogen and oxygen atoms in total. The summed E-state index contributed by atoms with van der Waals surface area (Å²) in [4.78, 5) is 19.2. The van der Waals surface area contributed by atoms with Gasteiger partial charge in [-0.25, -0.2) is 4.39 Å². The van der Waals surface area contributed by atoms with E-state index in [9.17, 15) is 9.18 Å². The van der Waals surface area contributed by atoms with Crippen LogP contribution in [-0.4, -0.2) is 34.0 Å². The van der Waals surface area contributed by atoms with Crippen LogP contribution in [0.3, 0.4) is 0 Å². The lowest BCUT2D eigenvalue weighted by molar-refractivity contribution is -0.131. The lowest BCUT2D eigenvalue weighted by Gasteiger charge is -2.31. The Bertz CT molecular complexity index is 1130. The minimum atomic E-state index is -0.323. The third kappa shape index (κ3) is 4.21. The maximum atomic E-state index is 13.2. The molecule has 1 saturated heterocycles. The van der Waals surface area contributed by atoms with E-state index in [0.29, 0.717) is 36.1 Å². The second-order valence-electron chi connectivity index (χ2n) is 7.91. The number of hydrogen-bond acceptors (Lipinski definition) is 6. The summed E-state index contributed by atoms with van der Waals surface area (Å²) in [5.41, 5.74) is 1.72. The molecular formula is C24H22FN3O4. The van der Waals surface area contributed by atoms with Crippen molar-refractivity contribution in [3.05, 3.63) is 83.8 Å². The fraction of sp³-hybridized carbons (Fsp3) is 0.292. The van der Waals surface area contributed by atoms with Crippen molar-refractivity contribution in [2.75, 3.05) is 13.1 Å². The van der Waals surface area contributed by atoms with Crippen LogP contribution in [0.15, 0.2) is 76.6 Å². The molecule has 1 fully saturated rings. The number of rotatable bonds is 4. The zero-order valence-corrected chi connectivity index (χ0v) is 17.4. The molecule has 2 aliphatic heterocycles. The smallest absolute Gasteiger partial charge is 0.292 e. The molecule has 8 heteroatoms. The Hall–Kier alpha value is -3.68. The number of benzene rings is 1. The van der Waals surface area contributed by atoms with Gasteiger partial charge in [0.1, 0.15) is 18.3 Å². The first kappa shape index (κ1) is 20.2. The van der Waals surface area contributed by atoms with Crippen LogP contribution in [0.4, 0.5) is 4.39 Å². The maximum absolute atomic E-state index is 13.2. The predicted molar refractivity (Wildman–Crippen MR) is 113 cm³/mol. The van der Waals surface area contributed by atoms with Gasteiger partial charge < -0.3 is 18.9 Å². The number of hydrogen-bond donors (Lipinski definition) is 0. The molecule has 1 amide bonds. The van der Waals surface area contributed by atoms with Gasteiger partial charge in [-0.15, -0.1) is 0 Å². The van der Waals surface area contributed by atoms with E-state index < -0.39 is 0 Å². The molecule has 3 aliphatic rings. The molecule has 1 aliphatic carbocycles. The minimum Gasteiger partial charge on any atom is -0.457 e. The number of piperidine rings is 1. The van der Waals surface area contributed by atoms with Gasteiger partial charge in [-0.05, 0) is 55.5 Å². The number of ether oxygens (including phenoxy) is 2. The zero-order chi connectivity index (χ0) is 21.9. The SMILES string of the molecule is O=C(C1=COC(C2=CC=CCC2)=CO1)N1CCCC(c2nc(-c3ccc(F)cc3)no2)C1. The fourth-order valence-corrected chi connectivity index (χ4v) is 3.99. The molecule has 164 valence electrons. The summed E-state index contributed by atoms with van der Waals surface area (Å²) in [6, 6.07) is 5.92. The average Bonchev–Trinajstić information content (AvgIpc) is 3.35. The van der Waals surface area contributed by atoms with Crippen LogP contribution in [0.25, 0.3) is 11.4 Å². The second kappa shape index (κ2) is 8.82. The number of halogens is 1. The van der Waals surface area contributed by atoms with Gasteiger partial charge in [-0.3, -0.25) is 4.79 Å². The fourth-order valence-electron chi connectivity index (χ4n) is 3.99. The van der Waals surface area contributed by atoms with Gasteiger partial charge in [0, 0.05) is 18.7 Å². The summed E-state index contributed by atoms with van der Waals surface area (Å²) < 4.78 is 29.9. The van der Waals surface area contributed by atoms with Crippen LogP contribution >= 0.6 is 0 Å². The Balaban J connectivity index is 1.23. The summed E-state index contributed by atoms with van der Waals surface area (Å²) in [5, 5.41) is 4.02. The van der Waals surface area contributed by atoms with Gasteiger partial charge in [-0.1, -0.05) is 23.4 Å². The molecule has 0 N–H and O–H groups in total.